The van der Waals surface area contributed by atoms with Gasteiger partial charge in [-0.3, -0.25) is 19.7 Å². The smallest absolute Gasteiger partial charge is 0.275 e. The SMILES string of the molecule is Cc1ccc(C2(N(C)C(=O)c3n[nH]c4c3CN(C(=O)c3cc5ccccc5[nH]3)CC4)CC2)nc1. The van der Waals surface area contributed by atoms with Gasteiger partial charge in [0, 0.05) is 48.4 Å². The van der Waals surface area contributed by atoms with Gasteiger partial charge in [0.1, 0.15) is 5.69 Å². The van der Waals surface area contributed by atoms with Crippen LogP contribution in [-0.2, 0) is 18.5 Å². The summed E-state index contributed by atoms with van der Waals surface area (Å²) in [6.07, 6.45) is 4.24. The number of amides is 2. The van der Waals surface area contributed by atoms with Crippen molar-refractivity contribution in [2.45, 2.75) is 38.3 Å². The molecule has 0 spiro atoms. The fourth-order valence-corrected chi connectivity index (χ4v) is 4.98. The number of benzene rings is 1. The number of para-hydroxylation sites is 1. The zero-order valence-electron chi connectivity index (χ0n) is 19.3. The van der Waals surface area contributed by atoms with Crippen molar-refractivity contribution in [2.75, 3.05) is 13.6 Å². The Bertz CT molecular complexity index is 1380. The van der Waals surface area contributed by atoms with Crippen LogP contribution in [0.25, 0.3) is 10.9 Å². The summed E-state index contributed by atoms with van der Waals surface area (Å²) in [4.78, 5) is 38.2. The number of aromatic nitrogens is 4. The molecule has 1 saturated carbocycles. The highest BCUT2D eigenvalue weighted by molar-refractivity contribution is 5.99. The third-order valence-electron chi connectivity index (χ3n) is 7.24. The first kappa shape index (κ1) is 20.7. The van der Waals surface area contributed by atoms with Gasteiger partial charge in [0.05, 0.1) is 17.8 Å². The van der Waals surface area contributed by atoms with Gasteiger partial charge in [-0.1, -0.05) is 24.3 Å². The fourth-order valence-electron chi connectivity index (χ4n) is 4.98. The van der Waals surface area contributed by atoms with Gasteiger partial charge in [-0.05, 0) is 43.5 Å². The van der Waals surface area contributed by atoms with Crippen molar-refractivity contribution in [2.24, 2.45) is 0 Å². The number of carbonyl (C=O) groups excluding carboxylic acids is 2. The lowest BCUT2D eigenvalue weighted by Crippen LogP contribution is -2.40. The molecule has 2 N–H and O–H groups in total. The topological polar surface area (TPSA) is 98.0 Å². The van der Waals surface area contributed by atoms with Gasteiger partial charge in [-0.25, -0.2) is 0 Å². The third kappa shape index (κ3) is 3.21. The molecular formula is C26H26N6O2. The monoisotopic (exact) mass is 454 g/mol. The first-order valence-corrected chi connectivity index (χ1v) is 11.6. The Morgan fingerprint density at radius 2 is 1.97 bits per heavy atom. The molecule has 1 fully saturated rings. The van der Waals surface area contributed by atoms with E-state index in [-0.39, 0.29) is 17.4 Å². The molecule has 2 amide bonds. The Kier molecular flexibility index (Phi) is 4.58. The molecular weight excluding hydrogens is 428 g/mol. The maximum absolute atomic E-state index is 13.6. The van der Waals surface area contributed by atoms with Gasteiger partial charge in [0.15, 0.2) is 5.69 Å². The number of nitrogens with zero attached hydrogens (tertiary/aromatic N) is 4. The fraction of sp³-hybridized carbons (Fsp3) is 0.308. The van der Waals surface area contributed by atoms with Crippen LogP contribution in [0.2, 0.25) is 0 Å². The highest BCUT2D eigenvalue weighted by Crippen LogP contribution is 2.50. The summed E-state index contributed by atoms with van der Waals surface area (Å²) in [5.41, 5.74) is 5.24. The highest BCUT2D eigenvalue weighted by atomic mass is 16.2. The van der Waals surface area contributed by atoms with Crippen LogP contribution in [0.3, 0.4) is 0 Å². The molecule has 6 rings (SSSR count). The maximum Gasteiger partial charge on any atom is 0.275 e. The first-order chi connectivity index (χ1) is 16.5. The van der Waals surface area contributed by atoms with E-state index in [2.05, 4.69) is 20.2 Å². The van der Waals surface area contributed by atoms with Crippen molar-refractivity contribution >= 4 is 22.7 Å². The van der Waals surface area contributed by atoms with Gasteiger partial charge >= 0.3 is 0 Å². The maximum atomic E-state index is 13.6. The number of H-pyrrole nitrogens is 2. The van der Waals surface area contributed by atoms with Crippen LogP contribution < -0.4 is 0 Å². The lowest BCUT2D eigenvalue weighted by atomic mass is 10.0. The minimum Gasteiger partial charge on any atom is -0.351 e. The molecule has 8 nitrogen and oxygen atoms in total. The molecule has 0 atom stereocenters. The normalized spacial score (nSPS) is 16.4. The second-order valence-electron chi connectivity index (χ2n) is 9.39. The van der Waals surface area contributed by atoms with E-state index in [1.54, 1.807) is 9.80 Å². The lowest BCUT2D eigenvalue weighted by molar-refractivity contribution is 0.0678. The molecule has 0 unspecified atom stereocenters. The Morgan fingerprint density at radius 3 is 2.71 bits per heavy atom. The number of fused-ring (bicyclic) bond motifs is 2. The molecule has 1 aliphatic heterocycles. The molecule has 0 radical (unpaired) electrons. The number of nitrogens with one attached hydrogen (secondary N) is 2. The summed E-state index contributed by atoms with van der Waals surface area (Å²) in [7, 11) is 1.83. The highest BCUT2D eigenvalue weighted by Gasteiger charge is 2.52. The van der Waals surface area contributed by atoms with Crippen LogP contribution in [-0.4, -0.2) is 55.4 Å². The van der Waals surface area contributed by atoms with Gasteiger partial charge in [-0.15, -0.1) is 0 Å². The van der Waals surface area contributed by atoms with Gasteiger partial charge < -0.3 is 14.8 Å². The van der Waals surface area contributed by atoms with Crippen LogP contribution in [0, 0.1) is 6.92 Å². The summed E-state index contributed by atoms with van der Waals surface area (Å²) < 4.78 is 0. The van der Waals surface area contributed by atoms with Crippen LogP contribution >= 0.6 is 0 Å². The van der Waals surface area contributed by atoms with E-state index < -0.39 is 0 Å². The van der Waals surface area contributed by atoms with E-state index in [9.17, 15) is 9.59 Å². The van der Waals surface area contributed by atoms with Crippen molar-refractivity contribution in [3.8, 4) is 0 Å². The molecule has 0 saturated heterocycles. The minimum atomic E-state index is -0.384. The number of hydrogen-bond acceptors (Lipinski definition) is 4. The standard InChI is InChI=1S/C26H26N6O2/c1-16-7-8-22(27-14-16)26(10-11-26)31(2)25(34)23-18-15-32(12-9-20(18)29-30-23)24(33)21-13-17-5-3-4-6-19(17)28-21/h3-8,13-14,28H,9-12,15H2,1-2H3,(H,29,30). The Hall–Kier alpha value is -3.94. The number of aryl methyl sites for hydroxylation is 1. The third-order valence-corrected chi connectivity index (χ3v) is 7.24. The quantitative estimate of drug-likeness (QED) is 0.493. The lowest BCUT2D eigenvalue weighted by Gasteiger charge is -2.29. The van der Waals surface area contributed by atoms with E-state index >= 15 is 0 Å². The average Bonchev–Trinajstić information content (AvgIpc) is 3.37. The van der Waals surface area contributed by atoms with E-state index in [1.807, 2.05) is 62.6 Å². The number of rotatable bonds is 4. The van der Waals surface area contributed by atoms with Crippen molar-refractivity contribution in [3.05, 3.63) is 82.6 Å². The van der Waals surface area contributed by atoms with Crippen molar-refractivity contribution in [3.63, 3.8) is 0 Å². The predicted octanol–water partition coefficient (Wildman–Crippen LogP) is 3.55. The largest absolute Gasteiger partial charge is 0.351 e. The molecule has 1 aromatic carbocycles. The minimum absolute atomic E-state index is 0.0719. The molecule has 34 heavy (non-hydrogen) atoms. The number of hydrogen-bond donors (Lipinski definition) is 2. The molecule has 4 aromatic rings. The number of aromatic amines is 2. The Balaban J connectivity index is 1.25. The first-order valence-electron chi connectivity index (χ1n) is 11.6. The van der Waals surface area contributed by atoms with E-state index in [1.165, 1.54) is 0 Å². The van der Waals surface area contributed by atoms with Crippen molar-refractivity contribution in [1.29, 1.82) is 0 Å². The van der Waals surface area contributed by atoms with Crippen molar-refractivity contribution < 1.29 is 9.59 Å². The van der Waals surface area contributed by atoms with Gasteiger partial charge in [-0.2, -0.15) is 5.10 Å². The van der Waals surface area contributed by atoms with E-state index in [0.29, 0.717) is 30.9 Å². The molecule has 2 aliphatic rings. The Labute approximate surface area is 197 Å². The average molecular weight is 455 g/mol. The van der Waals surface area contributed by atoms with Gasteiger partial charge in [0.25, 0.3) is 11.8 Å². The second kappa shape index (κ2) is 7.55. The van der Waals surface area contributed by atoms with E-state index in [0.717, 1.165) is 46.3 Å². The summed E-state index contributed by atoms with van der Waals surface area (Å²) in [5.74, 6) is -0.213. The molecule has 4 heterocycles. The summed E-state index contributed by atoms with van der Waals surface area (Å²) in [6, 6.07) is 13.8. The van der Waals surface area contributed by atoms with Crippen LogP contribution in [0.4, 0.5) is 0 Å². The zero-order chi connectivity index (χ0) is 23.4. The Morgan fingerprint density at radius 1 is 1.15 bits per heavy atom. The number of pyridine rings is 1. The molecule has 3 aromatic heterocycles. The zero-order valence-corrected chi connectivity index (χ0v) is 19.3. The van der Waals surface area contributed by atoms with Crippen LogP contribution in [0.5, 0.6) is 0 Å². The van der Waals surface area contributed by atoms with E-state index in [4.69, 9.17) is 0 Å². The molecule has 0 bridgehead atoms. The van der Waals surface area contributed by atoms with Crippen LogP contribution in [0.1, 0.15) is 56.3 Å². The summed E-state index contributed by atoms with van der Waals surface area (Å²) in [6.45, 7) is 2.93. The second-order valence-corrected chi connectivity index (χ2v) is 9.39. The molecule has 8 heteroatoms. The summed E-state index contributed by atoms with van der Waals surface area (Å²) in [5, 5.41) is 8.43. The summed E-state index contributed by atoms with van der Waals surface area (Å²) >= 11 is 0. The van der Waals surface area contributed by atoms with Gasteiger partial charge in [0.2, 0.25) is 0 Å². The molecule has 1 aliphatic carbocycles. The molecule has 172 valence electrons. The van der Waals surface area contributed by atoms with Crippen LogP contribution in [0.15, 0.2) is 48.7 Å². The number of carbonyl (C=O) groups is 2. The van der Waals surface area contributed by atoms with Crippen molar-refractivity contribution in [1.82, 2.24) is 30.0 Å². The predicted molar refractivity (Wildman–Crippen MR) is 127 cm³/mol.